The number of anilines is 1. The van der Waals surface area contributed by atoms with Gasteiger partial charge in [0.2, 0.25) is 5.91 Å². The quantitative estimate of drug-likeness (QED) is 0.838. The van der Waals surface area contributed by atoms with Crippen LogP contribution in [0, 0.1) is 11.8 Å². The second-order valence-corrected chi connectivity index (χ2v) is 5.39. The Bertz CT molecular complexity index is 551. The van der Waals surface area contributed by atoms with E-state index in [2.05, 4.69) is 5.32 Å². The van der Waals surface area contributed by atoms with Gasteiger partial charge in [-0.05, 0) is 25.0 Å². The van der Waals surface area contributed by atoms with Crippen LogP contribution in [0.3, 0.4) is 0 Å². The summed E-state index contributed by atoms with van der Waals surface area (Å²) in [6.45, 7) is 0. The molecule has 0 spiro atoms. The molecule has 1 aromatic carbocycles. The number of rotatable bonds is 3. The van der Waals surface area contributed by atoms with Gasteiger partial charge in [0.1, 0.15) is 0 Å². The van der Waals surface area contributed by atoms with Gasteiger partial charge in [-0.1, -0.05) is 41.4 Å². The molecule has 1 aromatic rings. The van der Waals surface area contributed by atoms with E-state index in [9.17, 15) is 9.59 Å². The monoisotopic (exact) mass is 313 g/mol. The molecule has 2 atom stereocenters. The van der Waals surface area contributed by atoms with E-state index >= 15 is 0 Å². The first-order valence-corrected chi connectivity index (χ1v) is 6.89. The molecule has 0 radical (unpaired) electrons. The van der Waals surface area contributed by atoms with Crippen LogP contribution in [-0.2, 0) is 9.59 Å². The lowest BCUT2D eigenvalue weighted by Crippen LogP contribution is -2.34. The number of amides is 1. The summed E-state index contributed by atoms with van der Waals surface area (Å²) in [5.74, 6) is -2.69. The average molecular weight is 314 g/mol. The van der Waals surface area contributed by atoms with E-state index in [1.165, 1.54) is 0 Å². The fraction of sp³-hybridized carbons (Fsp3) is 0.286. The summed E-state index contributed by atoms with van der Waals surface area (Å²) in [7, 11) is 0. The van der Waals surface area contributed by atoms with Gasteiger partial charge >= 0.3 is 5.97 Å². The van der Waals surface area contributed by atoms with Gasteiger partial charge in [0.05, 0.1) is 27.6 Å². The van der Waals surface area contributed by atoms with Crippen molar-refractivity contribution in [3.63, 3.8) is 0 Å². The van der Waals surface area contributed by atoms with E-state index in [-0.39, 0.29) is 5.91 Å². The predicted molar refractivity (Wildman–Crippen MR) is 78.1 cm³/mol. The van der Waals surface area contributed by atoms with E-state index in [1.54, 1.807) is 24.3 Å². The smallest absolute Gasteiger partial charge is 0.307 e. The number of para-hydroxylation sites is 1. The Hall–Kier alpha value is -1.52. The van der Waals surface area contributed by atoms with Crippen LogP contribution in [0.25, 0.3) is 0 Å². The highest BCUT2D eigenvalue weighted by Crippen LogP contribution is 2.32. The van der Waals surface area contributed by atoms with Crippen LogP contribution in [-0.4, -0.2) is 17.0 Å². The van der Waals surface area contributed by atoms with Gasteiger partial charge in [-0.25, -0.2) is 0 Å². The molecule has 2 rings (SSSR count). The molecule has 0 fully saturated rings. The molecule has 2 unspecified atom stereocenters. The zero-order valence-corrected chi connectivity index (χ0v) is 12.0. The van der Waals surface area contributed by atoms with E-state index in [0.717, 1.165) is 0 Å². The highest BCUT2D eigenvalue weighted by Gasteiger charge is 2.34. The molecule has 4 nitrogen and oxygen atoms in total. The third-order valence-corrected chi connectivity index (χ3v) is 3.93. The molecule has 6 heteroatoms. The van der Waals surface area contributed by atoms with Crippen molar-refractivity contribution in [1.29, 1.82) is 0 Å². The fourth-order valence-corrected chi connectivity index (χ4v) is 2.70. The van der Waals surface area contributed by atoms with Gasteiger partial charge < -0.3 is 10.4 Å². The van der Waals surface area contributed by atoms with Crippen LogP contribution in [0.2, 0.25) is 10.0 Å². The highest BCUT2D eigenvalue weighted by atomic mass is 35.5. The summed E-state index contributed by atoms with van der Waals surface area (Å²) in [6, 6.07) is 4.89. The predicted octanol–water partition coefficient (Wildman–Crippen LogP) is 3.60. The van der Waals surface area contributed by atoms with Crippen molar-refractivity contribution in [3.05, 3.63) is 40.4 Å². The van der Waals surface area contributed by atoms with Gasteiger partial charge in [-0.15, -0.1) is 0 Å². The van der Waals surface area contributed by atoms with E-state index < -0.39 is 17.8 Å². The van der Waals surface area contributed by atoms with Crippen LogP contribution >= 0.6 is 23.2 Å². The number of carbonyl (C=O) groups is 2. The van der Waals surface area contributed by atoms with Gasteiger partial charge in [-0.2, -0.15) is 0 Å². The number of carboxylic acids is 1. The molecular weight excluding hydrogens is 301 g/mol. The van der Waals surface area contributed by atoms with Crippen molar-refractivity contribution in [2.45, 2.75) is 12.8 Å². The molecule has 1 aliphatic rings. The van der Waals surface area contributed by atoms with Crippen LogP contribution in [0.4, 0.5) is 5.69 Å². The van der Waals surface area contributed by atoms with E-state index in [4.69, 9.17) is 28.3 Å². The number of halogens is 2. The maximum atomic E-state index is 12.3. The molecule has 0 heterocycles. The number of benzene rings is 1. The van der Waals surface area contributed by atoms with Gasteiger partial charge in [0.15, 0.2) is 0 Å². The van der Waals surface area contributed by atoms with Crippen LogP contribution in [0.5, 0.6) is 0 Å². The minimum atomic E-state index is -0.972. The molecule has 20 heavy (non-hydrogen) atoms. The number of carbonyl (C=O) groups excluding carboxylic acids is 1. The topological polar surface area (TPSA) is 66.4 Å². The Morgan fingerprint density at radius 2 is 1.65 bits per heavy atom. The van der Waals surface area contributed by atoms with Crippen molar-refractivity contribution in [1.82, 2.24) is 0 Å². The van der Waals surface area contributed by atoms with Gasteiger partial charge in [0.25, 0.3) is 0 Å². The number of carboxylic acid groups (broad SMARTS) is 1. The lowest BCUT2D eigenvalue weighted by atomic mass is 9.82. The standard InChI is InChI=1S/C14H13Cl2NO3/c15-10-6-3-7-11(16)12(10)17-13(18)8-4-1-2-5-9(8)14(19)20/h1-3,6-9H,4-5H2,(H,17,18)(H,19,20). The maximum Gasteiger partial charge on any atom is 0.307 e. The molecule has 1 aliphatic carbocycles. The summed E-state index contributed by atoms with van der Waals surface area (Å²) in [5, 5.41) is 12.4. The zero-order valence-electron chi connectivity index (χ0n) is 10.5. The third kappa shape index (κ3) is 3.14. The van der Waals surface area contributed by atoms with Crippen molar-refractivity contribution < 1.29 is 14.7 Å². The minimum Gasteiger partial charge on any atom is -0.481 e. The lowest BCUT2D eigenvalue weighted by molar-refractivity contribution is -0.146. The normalized spacial score (nSPS) is 21.5. The molecule has 2 N–H and O–H groups in total. The van der Waals surface area contributed by atoms with Crippen LogP contribution in [0.15, 0.2) is 30.4 Å². The fourth-order valence-electron chi connectivity index (χ4n) is 2.21. The van der Waals surface area contributed by atoms with Crippen molar-refractivity contribution in [2.75, 3.05) is 5.32 Å². The number of nitrogens with one attached hydrogen (secondary N) is 1. The average Bonchev–Trinajstić information content (AvgIpc) is 2.43. The summed E-state index contributed by atoms with van der Waals surface area (Å²) in [5.41, 5.74) is 0.319. The SMILES string of the molecule is O=C(O)C1CC=CCC1C(=O)Nc1c(Cl)cccc1Cl. The molecule has 0 aromatic heterocycles. The summed E-state index contributed by atoms with van der Waals surface area (Å²) in [4.78, 5) is 23.5. The first-order chi connectivity index (χ1) is 9.50. The first kappa shape index (κ1) is 14.9. The molecule has 0 saturated heterocycles. The van der Waals surface area contributed by atoms with Gasteiger partial charge in [0, 0.05) is 0 Å². The highest BCUT2D eigenvalue weighted by molar-refractivity contribution is 6.39. The van der Waals surface area contributed by atoms with Crippen molar-refractivity contribution in [2.24, 2.45) is 11.8 Å². The number of hydrogen-bond donors (Lipinski definition) is 2. The summed E-state index contributed by atoms with van der Waals surface area (Å²) in [6.07, 6.45) is 4.34. The van der Waals surface area contributed by atoms with E-state index in [1.807, 2.05) is 6.08 Å². The summed E-state index contributed by atoms with van der Waals surface area (Å²) >= 11 is 12.0. The van der Waals surface area contributed by atoms with Crippen molar-refractivity contribution >= 4 is 40.8 Å². The second-order valence-electron chi connectivity index (χ2n) is 4.58. The second kappa shape index (κ2) is 6.29. The van der Waals surface area contributed by atoms with Gasteiger partial charge in [-0.3, -0.25) is 9.59 Å². The Balaban J connectivity index is 2.19. The third-order valence-electron chi connectivity index (χ3n) is 3.30. The Kier molecular flexibility index (Phi) is 4.68. The molecule has 0 saturated carbocycles. The number of allylic oxidation sites excluding steroid dienone is 2. The lowest BCUT2D eigenvalue weighted by Gasteiger charge is -2.24. The minimum absolute atomic E-state index is 0.319. The molecule has 0 aliphatic heterocycles. The largest absolute Gasteiger partial charge is 0.481 e. The zero-order chi connectivity index (χ0) is 14.7. The van der Waals surface area contributed by atoms with E-state index in [0.29, 0.717) is 28.6 Å². The molecule has 106 valence electrons. The Morgan fingerprint density at radius 1 is 1.10 bits per heavy atom. The Labute approximate surface area is 126 Å². The van der Waals surface area contributed by atoms with Crippen LogP contribution < -0.4 is 5.32 Å². The number of aliphatic carboxylic acids is 1. The van der Waals surface area contributed by atoms with Crippen LogP contribution in [0.1, 0.15) is 12.8 Å². The molecular formula is C14H13Cl2NO3. The number of hydrogen-bond acceptors (Lipinski definition) is 2. The Morgan fingerprint density at radius 3 is 2.20 bits per heavy atom. The first-order valence-electron chi connectivity index (χ1n) is 6.13. The molecule has 0 bridgehead atoms. The molecule has 1 amide bonds. The maximum absolute atomic E-state index is 12.3. The summed E-state index contributed by atoms with van der Waals surface area (Å²) < 4.78 is 0. The van der Waals surface area contributed by atoms with Crippen molar-refractivity contribution in [3.8, 4) is 0 Å².